The minimum absolute atomic E-state index is 0.0915. The van der Waals surface area contributed by atoms with Gasteiger partial charge in [0.25, 0.3) is 0 Å². The number of carbonyl (C=O) groups excluding carboxylic acids is 3. The maximum absolute atomic E-state index is 12.9. The summed E-state index contributed by atoms with van der Waals surface area (Å²) in [5.74, 6) is -0.912. The number of esters is 3. The number of allylic oxidation sites excluding steroid dienone is 22. The second kappa shape index (κ2) is 70.0. The molecule has 0 aromatic heterocycles. The first-order chi connectivity index (χ1) is 41.0. The Balaban J connectivity index is 4.41. The van der Waals surface area contributed by atoms with Crippen LogP contribution in [0.4, 0.5) is 0 Å². The lowest BCUT2D eigenvalue weighted by Gasteiger charge is -2.18. The van der Waals surface area contributed by atoms with E-state index in [4.69, 9.17) is 14.2 Å². The Morgan fingerprint density at radius 2 is 0.470 bits per heavy atom. The first kappa shape index (κ1) is 78.5. The van der Waals surface area contributed by atoms with Crippen LogP contribution in [0.1, 0.15) is 316 Å². The summed E-state index contributed by atoms with van der Waals surface area (Å²) in [4.78, 5) is 38.5. The molecule has 0 spiro atoms. The van der Waals surface area contributed by atoms with Crippen molar-refractivity contribution >= 4 is 17.9 Å². The Kier molecular flexibility index (Phi) is 66.3. The fraction of sp³-hybridized carbons (Fsp3) is 0.675. The zero-order valence-corrected chi connectivity index (χ0v) is 54.2. The van der Waals surface area contributed by atoms with E-state index in [-0.39, 0.29) is 31.1 Å². The lowest BCUT2D eigenvalue weighted by molar-refractivity contribution is -0.167. The average Bonchev–Trinajstić information content (AvgIpc) is 3.49. The number of ether oxygens (including phenoxy) is 3. The molecule has 0 rings (SSSR count). The lowest BCUT2D eigenvalue weighted by Crippen LogP contribution is -2.30. The molecule has 0 N–H and O–H groups in total. The third-order valence-electron chi connectivity index (χ3n) is 14.6. The number of hydrogen-bond donors (Lipinski definition) is 0. The third-order valence-corrected chi connectivity index (χ3v) is 14.6. The van der Waals surface area contributed by atoms with Crippen molar-refractivity contribution in [1.29, 1.82) is 0 Å². The molecule has 0 aromatic carbocycles. The van der Waals surface area contributed by atoms with Gasteiger partial charge in [0, 0.05) is 19.3 Å². The third kappa shape index (κ3) is 68.2. The summed E-state index contributed by atoms with van der Waals surface area (Å²) in [5, 5.41) is 0. The maximum Gasteiger partial charge on any atom is 0.306 e. The Labute approximate surface area is 513 Å². The van der Waals surface area contributed by atoms with Crippen LogP contribution in [0.3, 0.4) is 0 Å². The fourth-order valence-electron chi connectivity index (χ4n) is 9.43. The van der Waals surface area contributed by atoms with Crippen molar-refractivity contribution in [2.24, 2.45) is 0 Å². The second-order valence-electron chi connectivity index (χ2n) is 22.7. The van der Waals surface area contributed by atoms with E-state index in [1.54, 1.807) is 0 Å². The van der Waals surface area contributed by atoms with E-state index in [9.17, 15) is 14.4 Å². The standard InChI is InChI=1S/C77H128O6/c1-4-7-10-13-16-19-22-25-28-31-33-34-35-36-37-38-39-40-41-42-44-46-49-52-55-58-61-64-67-70-76(79)82-73-74(72-81-75(78)69-66-63-60-57-54-51-48-45-30-27-24-21-18-15-12-9-6-3)83-77(80)71-68-65-62-59-56-53-50-47-43-32-29-26-23-20-17-14-11-8-5-2/h7,10,16-17,19-20,25-30,33-34,36-37,39-40,42-44,47,74H,4-6,8-9,11-15,18,21-24,31-32,35,38,41,45-46,48-73H2,1-3H3/b10-7-,19-16-,20-17-,28-25-,29-26-,30-27-,34-33-,37-36-,40-39-,44-42-,47-43-. The topological polar surface area (TPSA) is 78.9 Å². The van der Waals surface area contributed by atoms with Gasteiger partial charge in [0.2, 0.25) is 0 Å². The van der Waals surface area contributed by atoms with Crippen LogP contribution in [0.25, 0.3) is 0 Å². The molecule has 1 atom stereocenters. The Bertz CT molecular complexity index is 1750. The molecular formula is C77H128O6. The molecule has 0 amide bonds. The molecule has 83 heavy (non-hydrogen) atoms. The van der Waals surface area contributed by atoms with Gasteiger partial charge in [0.1, 0.15) is 13.2 Å². The van der Waals surface area contributed by atoms with Crippen LogP contribution in [-0.4, -0.2) is 37.2 Å². The van der Waals surface area contributed by atoms with E-state index in [0.29, 0.717) is 19.3 Å². The van der Waals surface area contributed by atoms with E-state index in [0.717, 1.165) is 135 Å². The minimum Gasteiger partial charge on any atom is -0.462 e. The van der Waals surface area contributed by atoms with Gasteiger partial charge >= 0.3 is 17.9 Å². The minimum atomic E-state index is -0.798. The molecule has 0 aromatic rings. The molecule has 0 fully saturated rings. The molecule has 0 aliphatic heterocycles. The molecule has 0 radical (unpaired) electrons. The van der Waals surface area contributed by atoms with Gasteiger partial charge in [0.05, 0.1) is 0 Å². The van der Waals surface area contributed by atoms with Crippen LogP contribution in [-0.2, 0) is 28.6 Å². The highest BCUT2D eigenvalue weighted by Gasteiger charge is 2.19. The summed E-state index contributed by atoms with van der Waals surface area (Å²) in [5.41, 5.74) is 0. The van der Waals surface area contributed by atoms with E-state index < -0.39 is 6.10 Å². The van der Waals surface area contributed by atoms with Gasteiger partial charge in [-0.3, -0.25) is 14.4 Å². The van der Waals surface area contributed by atoms with Gasteiger partial charge in [-0.25, -0.2) is 0 Å². The Hall–Kier alpha value is -4.45. The van der Waals surface area contributed by atoms with Gasteiger partial charge in [-0.15, -0.1) is 0 Å². The van der Waals surface area contributed by atoms with Crippen molar-refractivity contribution in [2.45, 2.75) is 322 Å². The number of rotatable bonds is 62. The second-order valence-corrected chi connectivity index (χ2v) is 22.7. The van der Waals surface area contributed by atoms with Crippen molar-refractivity contribution in [3.63, 3.8) is 0 Å². The molecular weight excluding hydrogens is 1020 g/mol. The molecule has 6 nitrogen and oxygen atoms in total. The largest absolute Gasteiger partial charge is 0.462 e. The van der Waals surface area contributed by atoms with Crippen molar-refractivity contribution in [2.75, 3.05) is 13.2 Å². The maximum atomic E-state index is 12.9. The number of hydrogen-bond acceptors (Lipinski definition) is 6. The number of unbranched alkanes of at least 4 members (excludes halogenated alkanes) is 29. The average molecular weight is 1150 g/mol. The molecule has 6 heteroatoms. The molecule has 0 bridgehead atoms. The molecule has 0 heterocycles. The quantitative estimate of drug-likeness (QED) is 0.0261. The molecule has 0 saturated carbocycles. The molecule has 0 aliphatic rings. The van der Waals surface area contributed by atoms with E-state index in [1.165, 1.54) is 141 Å². The summed E-state index contributed by atoms with van der Waals surface area (Å²) < 4.78 is 17.0. The van der Waals surface area contributed by atoms with Crippen molar-refractivity contribution < 1.29 is 28.6 Å². The van der Waals surface area contributed by atoms with E-state index >= 15 is 0 Å². The predicted molar refractivity (Wildman–Crippen MR) is 362 cm³/mol. The fourth-order valence-corrected chi connectivity index (χ4v) is 9.43. The molecule has 0 saturated heterocycles. The van der Waals surface area contributed by atoms with E-state index in [1.807, 2.05) is 0 Å². The molecule has 1 unspecified atom stereocenters. The molecule has 0 aliphatic carbocycles. The van der Waals surface area contributed by atoms with Crippen LogP contribution >= 0.6 is 0 Å². The summed E-state index contributed by atoms with van der Waals surface area (Å²) in [7, 11) is 0. The summed E-state index contributed by atoms with van der Waals surface area (Å²) in [6.45, 7) is 6.49. The van der Waals surface area contributed by atoms with Gasteiger partial charge in [-0.2, -0.15) is 0 Å². The lowest BCUT2D eigenvalue weighted by atomic mass is 10.1. The normalized spacial score (nSPS) is 13.0. The summed E-state index contributed by atoms with van der Waals surface area (Å²) in [6.07, 6.45) is 98.8. The highest BCUT2D eigenvalue weighted by atomic mass is 16.6. The monoisotopic (exact) mass is 1150 g/mol. The first-order valence-electron chi connectivity index (χ1n) is 34.7. The molecule has 472 valence electrons. The van der Waals surface area contributed by atoms with E-state index in [2.05, 4.69) is 154 Å². The van der Waals surface area contributed by atoms with Crippen LogP contribution in [0.5, 0.6) is 0 Å². The van der Waals surface area contributed by atoms with Crippen molar-refractivity contribution in [1.82, 2.24) is 0 Å². The Morgan fingerprint density at radius 3 is 0.771 bits per heavy atom. The first-order valence-corrected chi connectivity index (χ1v) is 34.7. The Morgan fingerprint density at radius 1 is 0.253 bits per heavy atom. The zero-order chi connectivity index (χ0) is 59.9. The van der Waals surface area contributed by atoms with Gasteiger partial charge < -0.3 is 14.2 Å². The van der Waals surface area contributed by atoms with Crippen LogP contribution < -0.4 is 0 Å². The van der Waals surface area contributed by atoms with Gasteiger partial charge in [-0.1, -0.05) is 289 Å². The van der Waals surface area contributed by atoms with Crippen LogP contribution in [0, 0.1) is 0 Å². The van der Waals surface area contributed by atoms with Crippen molar-refractivity contribution in [3.05, 3.63) is 134 Å². The van der Waals surface area contributed by atoms with Gasteiger partial charge in [-0.05, 0) is 141 Å². The highest BCUT2D eigenvalue weighted by Crippen LogP contribution is 2.15. The summed E-state index contributed by atoms with van der Waals surface area (Å²) >= 11 is 0. The SMILES string of the molecule is CC/C=C\C/C=C\C/C=C\C/C=C\C/C=C\C/C=C\C/C=C\CCCCCCCCCC(=O)OCC(COC(=O)CCCCCCCCC/C=C\CCCCCCCC)OC(=O)CCCCCCCC/C=C\C/C=C\C/C=C\CCCCC. The summed E-state index contributed by atoms with van der Waals surface area (Å²) in [6, 6.07) is 0. The predicted octanol–water partition coefficient (Wildman–Crippen LogP) is 24.1. The smallest absolute Gasteiger partial charge is 0.306 e. The van der Waals surface area contributed by atoms with Crippen LogP contribution in [0.2, 0.25) is 0 Å². The number of carbonyl (C=O) groups is 3. The van der Waals surface area contributed by atoms with Gasteiger partial charge in [0.15, 0.2) is 6.10 Å². The van der Waals surface area contributed by atoms with Crippen LogP contribution in [0.15, 0.2) is 134 Å². The van der Waals surface area contributed by atoms with Crippen molar-refractivity contribution in [3.8, 4) is 0 Å². The zero-order valence-electron chi connectivity index (χ0n) is 54.2. The highest BCUT2D eigenvalue weighted by molar-refractivity contribution is 5.71.